The first-order chi connectivity index (χ1) is 12.5. The molecule has 0 bridgehead atoms. The van der Waals surface area contributed by atoms with Crippen molar-refractivity contribution in [3.63, 3.8) is 0 Å². The zero-order valence-electron chi connectivity index (χ0n) is 13.7. The second-order valence-electron chi connectivity index (χ2n) is 5.72. The Hall–Kier alpha value is -1.78. The van der Waals surface area contributed by atoms with Crippen LogP contribution in [0.3, 0.4) is 0 Å². The zero-order valence-corrected chi connectivity index (χ0v) is 16.2. The lowest BCUT2D eigenvalue weighted by Crippen LogP contribution is -2.46. The monoisotopic (exact) mass is 412 g/mol. The fraction of sp³-hybridized carbons (Fsp3) is 0.375. The number of hydrogen-bond donors (Lipinski definition) is 2. The van der Waals surface area contributed by atoms with E-state index in [9.17, 15) is 14.0 Å². The van der Waals surface area contributed by atoms with Crippen molar-refractivity contribution in [3.8, 4) is 5.69 Å². The van der Waals surface area contributed by atoms with Gasteiger partial charge in [-0.2, -0.15) is 0 Å². The summed E-state index contributed by atoms with van der Waals surface area (Å²) >= 11 is 7.83. The Morgan fingerprint density at radius 2 is 2.19 bits per heavy atom. The first-order valence-corrected chi connectivity index (χ1v) is 10.3. The number of nitrogens with zero attached hydrogens (tertiary/aromatic N) is 2. The second-order valence-corrected chi connectivity index (χ2v) is 8.56. The van der Waals surface area contributed by atoms with Crippen LogP contribution < -0.4 is 10.6 Å². The third-order valence-electron chi connectivity index (χ3n) is 3.80. The summed E-state index contributed by atoms with van der Waals surface area (Å²) in [5.41, 5.74) is 0.666. The molecule has 138 valence electrons. The number of thioether (sulfide) groups is 1. The molecule has 2 N–H and O–H groups in total. The molecular weight excluding hydrogens is 395 g/mol. The summed E-state index contributed by atoms with van der Waals surface area (Å²) in [6.45, 7) is 0.657. The molecule has 26 heavy (non-hydrogen) atoms. The van der Waals surface area contributed by atoms with E-state index in [0.717, 1.165) is 12.8 Å². The standard InChI is InChI=1S/C16H17FN4O2S3/c17-10-4-6-11(7-5-10)21-16(24)26-15(20-21)25-9-13(22)19-12-3-1-2-8-18-14(12)23/h4-7,12H,1-3,8-9H2,(H,18,23)(H,19,22). The Labute approximate surface area is 163 Å². The number of aromatic nitrogens is 2. The van der Waals surface area contributed by atoms with E-state index in [1.54, 1.807) is 16.8 Å². The highest BCUT2D eigenvalue weighted by Gasteiger charge is 2.22. The first kappa shape index (κ1) is 19.0. The van der Waals surface area contributed by atoms with Crippen LogP contribution in [0.5, 0.6) is 0 Å². The van der Waals surface area contributed by atoms with Crippen molar-refractivity contribution in [2.75, 3.05) is 12.3 Å². The van der Waals surface area contributed by atoms with Gasteiger partial charge in [0.15, 0.2) is 8.29 Å². The lowest BCUT2D eigenvalue weighted by atomic mass is 10.1. The molecule has 2 amide bonds. The van der Waals surface area contributed by atoms with E-state index in [1.165, 1.54) is 35.2 Å². The van der Waals surface area contributed by atoms with Crippen molar-refractivity contribution in [3.05, 3.63) is 34.0 Å². The summed E-state index contributed by atoms with van der Waals surface area (Å²) in [5.74, 6) is -0.525. The molecule has 1 aliphatic heterocycles. The Bertz CT molecular complexity index is 850. The van der Waals surface area contributed by atoms with Gasteiger partial charge >= 0.3 is 0 Å². The van der Waals surface area contributed by atoms with Crippen LogP contribution >= 0.6 is 35.3 Å². The van der Waals surface area contributed by atoms with E-state index in [4.69, 9.17) is 12.2 Å². The smallest absolute Gasteiger partial charge is 0.242 e. The maximum absolute atomic E-state index is 13.0. The molecule has 1 saturated heterocycles. The molecule has 0 radical (unpaired) electrons. The van der Waals surface area contributed by atoms with Crippen LogP contribution in [0.4, 0.5) is 4.39 Å². The molecule has 0 aliphatic carbocycles. The first-order valence-electron chi connectivity index (χ1n) is 8.09. The molecule has 1 fully saturated rings. The lowest BCUT2D eigenvalue weighted by Gasteiger charge is -2.14. The van der Waals surface area contributed by atoms with Gasteiger partial charge in [0.25, 0.3) is 0 Å². The minimum atomic E-state index is -0.472. The third kappa shape index (κ3) is 4.89. The maximum atomic E-state index is 13.0. The summed E-state index contributed by atoms with van der Waals surface area (Å²) in [6.07, 6.45) is 2.48. The van der Waals surface area contributed by atoms with Crippen LogP contribution in [-0.2, 0) is 9.59 Å². The van der Waals surface area contributed by atoms with Crippen LogP contribution in [-0.4, -0.2) is 39.9 Å². The summed E-state index contributed by atoms with van der Waals surface area (Å²) in [4.78, 5) is 24.0. The van der Waals surface area contributed by atoms with Gasteiger partial charge in [-0.25, -0.2) is 9.07 Å². The van der Waals surface area contributed by atoms with E-state index in [0.29, 0.717) is 26.9 Å². The number of benzene rings is 1. The number of carbonyl (C=O) groups excluding carboxylic acids is 2. The minimum absolute atomic E-state index is 0.128. The molecule has 1 unspecified atom stereocenters. The van der Waals surface area contributed by atoms with Crippen molar-refractivity contribution in [1.82, 2.24) is 20.4 Å². The number of amides is 2. The molecule has 10 heteroatoms. The predicted octanol–water partition coefficient (Wildman–Crippen LogP) is 2.68. The number of hydrogen-bond acceptors (Lipinski definition) is 6. The summed E-state index contributed by atoms with van der Waals surface area (Å²) < 4.78 is 15.7. The third-order valence-corrected chi connectivity index (χ3v) is 6.16. The molecule has 1 aromatic heterocycles. The van der Waals surface area contributed by atoms with Gasteiger partial charge in [-0.3, -0.25) is 9.59 Å². The normalized spacial score (nSPS) is 17.4. The Kier molecular flexibility index (Phi) is 6.38. The average Bonchev–Trinajstić information content (AvgIpc) is 2.87. The Morgan fingerprint density at radius 3 is 2.96 bits per heavy atom. The molecule has 1 aliphatic rings. The number of rotatable bonds is 5. The molecule has 1 atom stereocenters. The van der Waals surface area contributed by atoms with E-state index in [-0.39, 0.29) is 23.4 Å². The summed E-state index contributed by atoms with van der Waals surface area (Å²) in [7, 11) is 0. The molecule has 0 saturated carbocycles. The zero-order chi connectivity index (χ0) is 18.5. The quantitative estimate of drug-likeness (QED) is 0.583. The topological polar surface area (TPSA) is 76.0 Å². The van der Waals surface area contributed by atoms with Gasteiger partial charge in [0.2, 0.25) is 11.8 Å². The van der Waals surface area contributed by atoms with Crippen molar-refractivity contribution < 1.29 is 14.0 Å². The van der Waals surface area contributed by atoms with E-state index in [1.807, 2.05) is 0 Å². The summed E-state index contributed by atoms with van der Waals surface area (Å²) in [6, 6.07) is 5.40. The van der Waals surface area contributed by atoms with Gasteiger partial charge in [-0.05, 0) is 55.7 Å². The van der Waals surface area contributed by atoms with Gasteiger partial charge < -0.3 is 10.6 Å². The number of carbonyl (C=O) groups is 2. The average molecular weight is 413 g/mol. The fourth-order valence-corrected chi connectivity index (χ4v) is 4.68. The van der Waals surface area contributed by atoms with Crippen LogP contribution in [0.15, 0.2) is 28.6 Å². The number of halogens is 1. The van der Waals surface area contributed by atoms with Gasteiger partial charge in [0.05, 0.1) is 11.4 Å². The van der Waals surface area contributed by atoms with Crippen molar-refractivity contribution in [2.24, 2.45) is 0 Å². The Balaban J connectivity index is 1.58. The van der Waals surface area contributed by atoms with Crippen molar-refractivity contribution >= 4 is 47.1 Å². The van der Waals surface area contributed by atoms with Crippen LogP contribution in [0.1, 0.15) is 19.3 Å². The minimum Gasteiger partial charge on any atom is -0.354 e. The van der Waals surface area contributed by atoms with E-state index >= 15 is 0 Å². The number of nitrogens with one attached hydrogen (secondary N) is 2. The van der Waals surface area contributed by atoms with Crippen LogP contribution in [0, 0.1) is 9.77 Å². The molecule has 2 aromatic rings. The summed E-state index contributed by atoms with van der Waals surface area (Å²) in [5, 5.41) is 9.93. The second kappa shape index (κ2) is 8.74. The van der Waals surface area contributed by atoms with Crippen LogP contribution in [0.2, 0.25) is 0 Å². The SMILES string of the molecule is O=C(CSc1nn(-c2ccc(F)cc2)c(=S)s1)NC1CCCCNC1=O. The molecule has 6 nitrogen and oxygen atoms in total. The van der Waals surface area contributed by atoms with E-state index in [2.05, 4.69) is 15.7 Å². The lowest BCUT2D eigenvalue weighted by molar-refractivity contribution is -0.127. The Morgan fingerprint density at radius 1 is 1.42 bits per heavy atom. The largest absolute Gasteiger partial charge is 0.354 e. The maximum Gasteiger partial charge on any atom is 0.242 e. The molecule has 2 heterocycles. The molecular formula is C16H17FN4O2S3. The van der Waals surface area contributed by atoms with Gasteiger partial charge in [-0.1, -0.05) is 23.1 Å². The highest BCUT2D eigenvalue weighted by molar-refractivity contribution is 8.01. The highest BCUT2D eigenvalue weighted by Crippen LogP contribution is 2.24. The molecule has 0 spiro atoms. The van der Waals surface area contributed by atoms with Crippen molar-refractivity contribution in [1.29, 1.82) is 0 Å². The van der Waals surface area contributed by atoms with Crippen molar-refractivity contribution in [2.45, 2.75) is 29.6 Å². The fourth-order valence-electron chi connectivity index (χ4n) is 2.50. The highest BCUT2D eigenvalue weighted by atomic mass is 32.2. The van der Waals surface area contributed by atoms with Gasteiger partial charge in [0, 0.05) is 6.54 Å². The molecule has 1 aromatic carbocycles. The van der Waals surface area contributed by atoms with Gasteiger partial charge in [0.1, 0.15) is 11.9 Å². The van der Waals surface area contributed by atoms with Gasteiger partial charge in [-0.15, -0.1) is 5.10 Å². The predicted molar refractivity (Wildman–Crippen MR) is 102 cm³/mol. The molecule has 3 rings (SSSR count). The van der Waals surface area contributed by atoms with Crippen LogP contribution in [0.25, 0.3) is 5.69 Å². The van der Waals surface area contributed by atoms with E-state index < -0.39 is 6.04 Å².